The summed E-state index contributed by atoms with van der Waals surface area (Å²) in [5, 5.41) is 13.8. The monoisotopic (exact) mass is 415 g/mol. The summed E-state index contributed by atoms with van der Waals surface area (Å²) in [6, 6.07) is 0. The second-order valence-corrected chi connectivity index (χ2v) is 12.0. The molecule has 4 nitrogen and oxygen atoms in total. The topological polar surface area (TPSA) is 66.4 Å². The number of aliphatic hydroxyl groups is 1. The highest BCUT2D eigenvalue weighted by atomic mass is 16.3. The minimum absolute atomic E-state index is 0.00104. The van der Waals surface area contributed by atoms with Gasteiger partial charge in [-0.25, -0.2) is 0 Å². The maximum absolute atomic E-state index is 13.8. The van der Waals surface area contributed by atoms with Crippen molar-refractivity contribution in [3.05, 3.63) is 0 Å². The minimum atomic E-state index is -0.285. The van der Waals surface area contributed by atoms with Crippen LogP contribution in [0.2, 0.25) is 0 Å². The number of fused-ring (bicyclic) bond motifs is 5. The van der Waals surface area contributed by atoms with Crippen LogP contribution < -0.4 is 5.32 Å². The highest BCUT2D eigenvalue weighted by Crippen LogP contribution is 2.66. The van der Waals surface area contributed by atoms with Crippen molar-refractivity contribution in [2.45, 2.75) is 78.1 Å². The summed E-state index contributed by atoms with van der Waals surface area (Å²) in [6.45, 7) is 6.92. The molecule has 0 amide bonds. The van der Waals surface area contributed by atoms with E-state index in [2.05, 4.69) is 19.2 Å². The Morgan fingerprint density at radius 2 is 1.77 bits per heavy atom. The van der Waals surface area contributed by atoms with Gasteiger partial charge in [0.15, 0.2) is 0 Å². The molecule has 1 saturated heterocycles. The average Bonchev–Trinajstić information content (AvgIpc) is 3.36. The second kappa shape index (κ2) is 7.69. The number of carbonyl (C=O) groups is 2. The van der Waals surface area contributed by atoms with Gasteiger partial charge in [0, 0.05) is 23.7 Å². The first kappa shape index (κ1) is 21.1. The molecule has 4 aliphatic carbocycles. The first-order valence-electron chi connectivity index (χ1n) is 12.8. The summed E-state index contributed by atoms with van der Waals surface area (Å²) in [7, 11) is 0. The first-order valence-corrected chi connectivity index (χ1v) is 12.8. The molecule has 30 heavy (non-hydrogen) atoms. The fourth-order valence-electron chi connectivity index (χ4n) is 8.94. The third-order valence-electron chi connectivity index (χ3n) is 10.9. The fourth-order valence-corrected chi connectivity index (χ4v) is 8.94. The zero-order valence-corrected chi connectivity index (χ0v) is 19.0. The van der Waals surface area contributed by atoms with Gasteiger partial charge in [0.2, 0.25) is 0 Å². The zero-order chi connectivity index (χ0) is 21.1. The molecule has 2 N–H and O–H groups in total. The van der Waals surface area contributed by atoms with Crippen molar-refractivity contribution in [2.75, 3.05) is 19.7 Å². The van der Waals surface area contributed by atoms with Gasteiger partial charge in [0.1, 0.15) is 11.6 Å². The van der Waals surface area contributed by atoms with Gasteiger partial charge in [0.05, 0.1) is 6.61 Å². The van der Waals surface area contributed by atoms with Crippen molar-refractivity contribution in [1.29, 1.82) is 0 Å². The maximum Gasteiger partial charge on any atom is 0.142 e. The van der Waals surface area contributed by atoms with E-state index >= 15 is 0 Å². The van der Waals surface area contributed by atoms with E-state index in [4.69, 9.17) is 0 Å². The minimum Gasteiger partial charge on any atom is -0.396 e. The van der Waals surface area contributed by atoms with Crippen LogP contribution in [-0.4, -0.2) is 36.4 Å². The van der Waals surface area contributed by atoms with Gasteiger partial charge >= 0.3 is 0 Å². The molecule has 4 saturated carbocycles. The van der Waals surface area contributed by atoms with Crippen molar-refractivity contribution >= 4 is 11.6 Å². The summed E-state index contributed by atoms with van der Waals surface area (Å²) in [4.78, 5) is 26.5. The summed E-state index contributed by atoms with van der Waals surface area (Å²) in [5.74, 6) is 3.02. The quantitative estimate of drug-likeness (QED) is 0.728. The number of carbonyl (C=O) groups excluding carboxylic acids is 2. The van der Waals surface area contributed by atoms with Crippen LogP contribution in [0.1, 0.15) is 78.1 Å². The Kier molecular flexibility index (Phi) is 5.41. The normalized spacial score (nSPS) is 50.8. The molecule has 0 aromatic carbocycles. The summed E-state index contributed by atoms with van der Waals surface area (Å²) < 4.78 is 0. The van der Waals surface area contributed by atoms with Crippen molar-refractivity contribution in [3.63, 3.8) is 0 Å². The molecule has 1 aliphatic heterocycles. The molecule has 2 unspecified atom stereocenters. The zero-order valence-electron chi connectivity index (χ0n) is 19.0. The van der Waals surface area contributed by atoms with E-state index in [-0.39, 0.29) is 35.2 Å². The SMILES string of the molecule is C[C@]12CC[C@H](CCC3CCNC3)CC1[C@@H](CO)C(=O)[C@@H]1[C@@H]2CC[C@]2(C)C(=O)CC[C@@H]12. The van der Waals surface area contributed by atoms with Crippen LogP contribution in [0.3, 0.4) is 0 Å². The van der Waals surface area contributed by atoms with E-state index in [0.29, 0.717) is 35.7 Å². The summed E-state index contributed by atoms with van der Waals surface area (Å²) in [5.41, 5.74) is -0.128. The Balaban J connectivity index is 1.37. The number of hydrogen-bond acceptors (Lipinski definition) is 4. The predicted octanol–water partition coefficient (Wildman–Crippen LogP) is 4.00. The van der Waals surface area contributed by atoms with Gasteiger partial charge in [-0.15, -0.1) is 0 Å². The lowest BCUT2D eigenvalue weighted by Gasteiger charge is -2.61. The predicted molar refractivity (Wildman–Crippen MR) is 117 cm³/mol. The van der Waals surface area contributed by atoms with Crippen molar-refractivity contribution in [1.82, 2.24) is 5.32 Å². The fraction of sp³-hybridized carbons (Fsp3) is 0.923. The molecule has 168 valence electrons. The van der Waals surface area contributed by atoms with E-state index in [1.54, 1.807) is 0 Å². The highest BCUT2D eigenvalue weighted by molar-refractivity contribution is 5.91. The van der Waals surface area contributed by atoms with Crippen LogP contribution in [0.5, 0.6) is 0 Å². The molecule has 0 aromatic heterocycles. The van der Waals surface area contributed by atoms with Crippen LogP contribution in [0.25, 0.3) is 0 Å². The van der Waals surface area contributed by atoms with E-state index in [1.807, 2.05) is 0 Å². The smallest absolute Gasteiger partial charge is 0.142 e. The van der Waals surface area contributed by atoms with E-state index in [0.717, 1.165) is 31.6 Å². The van der Waals surface area contributed by atoms with E-state index < -0.39 is 0 Å². The molecule has 5 rings (SSSR count). The number of rotatable bonds is 4. The number of hydrogen-bond donors (Lipinski definition) is 2. The van der Waals surface area contributed by atoms with Crippen LogP contribution in [-0.2, 0) is 9.59 Å². The largest absolute Gasteiger partial charge is 0.396 e. The van der Waals surface area contributed by atoms with Crippen molar-refractivity contribution in [2.24, 2.45) is 52.3 Å². The number of nitrogens with one attached hydrogen (secondary N) is 1. The lowest BCUT2D eigenvalue weighted by atomic mass is 9.42. The van der Waals surface area contributed by atoms with Gasteiger partial charge in [-0.2, -0.15) is 0 Å². The molecule has 0 radical (unpaired) electrons. The molecular weight excluding hydrogens is 374 g/mol. The van der Waals surface area contributed by atoms with Gasteiger partial charge in [-0.05, 0) is 99.5 Å². The summed E-state index contributed by atoms with van der Waals surface area (Å²) >= 11 is 0. The second-order valence-electron chi connectivity index (χ2n) is 12.0. The molecular formula is C26H41NO3. The standard InChI is InChI=1S/C26H41NO3/c1-25-10-7-16(3-4-17-9-12-27-14-17)13-21(25)18(15-28)24(30)23-19-5-6-22(29)26(19,2)11-8-20(23)25/h16-21,23,27-28H,3-15H2,1-2H3/t16-,17?,18+,19-,20-,21?,23-,25+,26-/m0/s1. The van der Waals surface area contributed by atoms with E-state index in [9.17, 15) is 14.7 Å². The Labute approximate surface area is 182 Å². The lowest BCUT2D eigenvalue weighted by Crippen LogP contribution is -2.61. The van der Waals surface area contributed by atoms with Gasteiger partial charge in [-0.1, -0.05) is 20.3 Å². The van der Waals surface area contributed by atoms with Crippen LogP contribution >= 0.6 is 0 Å². The van der Waals surface area contributed by atoms with Crippen molar-refractivity contribution < 1.29 is 14.7 Å². The molecule has 0 aromatic rings. The highest BCUT2D eigenvalue weighted by Gasteiger charge is 2.65. The van der Waals surface area contributed by atoms with Crippen molar-refractivity contribution in [3.8, 4) is 0 Å². The van der Waals surface area contributed by atoms with Crippen LogP contribution in [0, 0.1) is 52.3 Å². The Morgan fingerprint density at radius 3 is 2.50 bits per heavy atom. The molecule has 5 aliphatic rings. The summed E-state index contributed by atoms with van der Waals surface area (Å²) in [6.07, 6.45) is 11.1. The Morgan fingerprint density at radius 1 is 0.967 bits per heavy atom. The third kappa shape index (κ3) is 3.07. The molecule has 4 heteroatoms. The van der Waals surface area contributed by atoms with Gasteiger partial charge < -0.3 is 10.4 Å². The van der Waals surface area contributed by atoms with Gasteiger partial charge in [0.25, 0.3) is 0 Å². The van der Waals surface area contributed by atoms with E-state index in [1.165, 1.54) is 45.2 Å². The lowest BCUT2D eigenvalue weighted by molar-refractivity contribution is -0.172. The molecule has 5 fully saturated rings. The molecule has 1 heterocycles. The number of ketones is 2. The molecule has 9 atom stereocenters. The number of Topliss-reactive ketones (excluding diaryl/α,β-unsaturated/α-hetero) is 2. The van der Waals surface area contributed by atoms with Crippen LogP contribution in [0.15, 0.2) is 0 Å². The van der Waals surface area contributed by atoms with Crippen LogP contribution in [0.4, 0.5) is 0 Å². The first-order chi connectivity index (χ1) is 14.4. The maximum atomic E-state index is 13.8. The molecule has 0 spiro atoms. The average molecular weight is 416 g/mol. The third-order valence-corrected chi connectivity index (χ3v) is 10.9. The Bertz CT molecular complexity index is 700. The van der Waals surface area contributed by atoms with Gasteiger partial charge in [-0.3, -0.25) is 9.59 Å². The number of aliphatic hydroxyl groups excluding tert-OH is 1. The Hall–Kier alpha value is -0.740. The molecule has 0 bridgehead atoms.